The number of amidine groups is 1. The van der Waals surface area contributed by atoms with Gasteiger partial charge in [0.15, 0.2) is 5.58 Å². The van der Waals surface area contributed by atoms with Crippen molar-refractivity contribution < 1.29 is 4.42 Å². The minimum atomic E-state index is 0.490. The van der Waals surface area contributed by atoms with Gasteiger partial charge >= 0.3 is 0 Å². The first kappa shape index (κ1) is 36.4. The first-order valence-corrected chi connectivity index (χ1v) is 21.2. The fourth-order valence-electron chi connectivity index (χ4n) is 9.26. The monoisotopic (exact) mass is 809 g/mol. The van der Waals surface area contributed by atoms with E-state index in [2.05, 4.69) is 160 Å². The number of benzene rings is 8. The van der Waals surface area contributed by atoms with Gasteiger partial charge in [-0.2, -0.15) is 0 Å². The molecule has 2 N–H and O–H groups in total. The van der Waals surface area contributed by atoms with Crippen molar-refractivity contribution in [1.29, 1.82) is 0 Å². The van der Waals surface area contributed by atoms with Gasteiger partial charge in [-0.3, -0.25) is 4.98 Å². The van der Waals surface area contributed by atoms with E-state index in [9.17, 15) is 0 Å². The molecule has 63 heavy (non-hydrogen) atoms. The molecule has 0 aliphatic heterocycles. The second-order valence-electron chi connectivity index (χ2n) is 16.0. The van der Waals surface area contributed by atoms with Crippen molar-refractivity contribution in [3.05, 3.63) is 229 Å². The Morgan fingerprint density at radius 2 is 1.14 bits per heavy atom. The lowest BCUT2D eigenvalue weighted by atomic mass is 10.0. The van der Waals surface area contributed by atoms with Crippen molar-refractivity contribution in [2.75, 3.05) is 0 Å². The summed E-state index contributed by atoms with van der Waals surface area (Å²) in [5.74, 6) is 0.490. The summed E-state index contributed by atoms with van der Waals surface area (Å²) < 4.78 is 10.9. The van der Waals surface area contributed by atoms with Crippen LogP contribution in [0.15, 0.2) is 222 Å². The molecule has 0 saturated heterocycles. The highest BCUT2D eigenvalue weighted by Crippen LogP contribution is 2.39. The van der Waals surface area contributed by atoms with Crippen molar-refractivity contribution in [3.63, 3.8) is 0 Å². The molecule has 0 amide bonds. The Hall–Kier alpha value is -8.48. The van der Waals surface area contributed by atoms with Crippen LogP contribution in [-0.4, -0.2) is 20.0 Å². The van der Waals surface area contributed by atoms with Crippen molar-refractivity contribution in [2.45, 2.75) is 6.42 Å². The predicted molar refractivity (Wildman–Crippen MR) is 261 cm³/mol. The van der Waals surface area contributed by atoms with Gasteiger partial charge in [0.2, 0.25) is 0 Å². The van der Waals surface area contributed by atoms with E-state index < -0.39 is 0 Å². The molecule has 4 heterocycles. The maximum Gasteiger partial charge on any atom is 0.153 e. The third-order valence-electron chi connectivity index (χ3n) is 12.2. The van der Waals surface area contributed by atoms with Gasteiger partial charge in [0.1, 0.15) is 16.9 Å². The second-order valence-corrected chi connectivity index (χ2v) is 16.0. The number of rotatable bonds is 8. The molecule has 0 bridgehead atoms. The van der Waals surface area contributed by atoms with Crippen molar-refractivity contribution >= 4 is 77.2 Å². The molecule has 0 atom stereocenters. The molecule has 12 aromatic rings. The van der Waals surface area contributed by atoms with Crippen LogP contribution in [0, 0.1) is 0 Å². The fourth-order valence-corrected chi connectivity index (χ4v) is 9.26. The van der Waals surface area contributed by atoms with Crippen molar-refractivity contribution in [3.8, 4) is 22.5 Å². The Balaban J connectivity index is 0.952. The van der Waals surface area contributed by atoms with Gasteiger partial charge in [0, 0.05) is 50.1 Å². The Labute approximate surface area is 363 Å². The Kier molecular flexibility index (Phi) is 8.61. The molecule has 0 saturated carbocycles. The van der Waals surface area contributed by atoms with E-state index in [1.807, 2.05) is 66.9 Å². The minimum Gasteiger partial charge on any atom is -0.454 e. The maximum absolute atomic E-state index is 6.56. The van der Waals surface area contributed by atoms with Gasteiger partial charge in [0.05, 0.1) is 27.8 Å². The minimum absolute atomic E-state index is 0.490. The lowest BCUT2D eigenvalue weighted by Gasteiger charge is -2.11. The second kappa shape index (κ2) is 14.9. The average molecular weight is 810 g/mol. The van der Waals surface area contributed by atoms with Crippen LogP contribution in [0.3, 0.4) is 0 Å². The Bertz CT molecular complexity index is 3780. The molecule has 0 fully saturated rings. The van der Waals surface area contributed by atoms with Crippen LogP contribution in [0.2, 0.25) is 0 Å². The van der Waals surface area contributed by atoms with E-state index in [0.717, 1.165) is 77.9 Å². The van der Waals surface area contributed by atoms with Gasteiger partial charge in [-0.1, -0.05) is 133 Å². The van der Waals surface area contributed by atoms with Crippen LogP contribution in [0.1, 0.15) is 16.7 Å². The molecule has 0 spiro atoms. The number of allylic oxidation sites excluding steroid dienone is 1. The molecule has 0 aliphatic rings. The number of para-hydroxylation sites is 2. The van der Waals surface area contributed by atoms with Crippen LogP contribution in [0.4, 0.5) is 0 Å². The smallest absolute Gasteiger partial charge is 0.153 e. The van der Waals surface area contributed by atoms with Crippen LogP contribution >= 0.6 is 0 Å². The SMILES string of the molecule is NC(=N/C(=C\Cc1cccc(-n2c3ccccc3c3ccc(-c4ccc5c(c4)c4ccccc4n5-c4ccc5oc6cccnc6c5c4)cc32)c1)c1ccccc1)c1ccccc1. The van der Waals surface area contributed by atoms with Crippen LogP contribution < -0.4 is 5.73 Å². The van der Waals surface area contributed by atoms with E-state index in [1.165, 1.54) is 32.6 Å². The number of furan rings is 1. The topological polar surface area (TPSA) is 74.3 Å². The van der Waals surface area contributed by atoms with Crippen molar-refractivity contribution in [1.82, 2.24) is 14.1 Å². The molecular formula is C57H39N5O. The zero-order valence-corrected chi connectivity index (χ0v) is 34.2. The normalized spacial score (nSPS) is 12.4. The maximum atomic E-state index is 6.56. The predicted octanol–water partition coefficient (Wildman–Crippen LogP) is 13.8. The standard InChI is InChI=1S/C57H39N5O/c58-57(39-16-5-2-6-17-39)60-49(38-14-3-1-4-15-38)29-24-37-13-11-18-42(33-37)62-50-21-9-7-19-44(50)46-28-25-41(35-53(46)62)40-26-30-52-47(34-40)45-20-8-10-22-51(45)61(52)43-27-31-54-48(36-43)56-55(63-54)23-12-32-59-56/h1-23,25-36H,24H2,(H2,58,60)/b49-29-. The number of hydrogen-bond donors (Lipinski definition) is 1. The summed E-state index contributed by atoms with van der Waals surface area (Å²) in [6.45, 7) is 0. The van der Waals surface area contributed by atoms with Gasteiger partial charge in [-0.25, -0.2) is 4.99 Å². The summed E-state index contributed by atoms with van der Waals surface area (Å²) in [7, 11) is 0. The molecule has 6 nitrogen and oxygen atoms in total. The zero-order valence-electron chi connectivity index (χ0n) is 34.2. The summed E-state index contributed by atoms with van der Waals surface area (Å²) in [6.07, 6.45) is 4.68. The van der Waals surface area contributed by atoms with Gasteiger partial charge in [-0.05, 0) is 101 Å². The number of aromatic nitrogens is 3. The third kappa shape index (κ3) is 6.27. The summed E-state index contributed by atoms with van der Waals surface area (Å²) in [6, 6.07) is 70.4. The highest BCUT2D eigenvalue weighted by atomic mass is 16.3. The highest BCUT2D eigenvalue weighted by molar-refractivity contribution is 6.13. The molecule has 6 heteroatoms. The first-order chi connectivity index (χ1) is 31.1. The molecule has 0 radical (unpaired) electrons. The summed E-state index contributed by atoms with van der Waals surface area (Å²) in [5.41, 5.74) is 22.1. The molecule has 0 unspecified atom stereocenters. The quantitative estimate of drug-likeness (QED) is 0.123. The number of pyridine rings is 1. The zero-order chi connectivity index (χ0) is 41.9. The number of nitrogens with two attached hydrogens (primary N) is 1. The van der Waals surface area contributed by atoms with E-state index in [-0.39, 0.29) is 0 Å². The lowest BCUT2D eigenvalue weighted by Crippen LogP contribution is -2.13. The van der Waals surface area contributed by atoms with Gasteiger partial charge in [0.25, 0.3) is 0 Å². The molecule has 4 aromatic heterocycles. The van der Waals surface area contributed by atoms with Crippen LogP contribution in [0.25, 0.3) is 93.9 Å². The van der Waals surface area contributed by atoms with E-state index in [0.29, 0.717) is 12.3 Å². The number of hydrogen-bond acceptors (Lipinski definition) is 3. The van der Waals surface area contributed by atoms with Gasteiger partial charge < -0.3 is 19.3 Å². The Morgan fingerprint density at radius 1 is 0.492 bits per heavy atom. The average Bonchev–Trinajstić information content (AvgIpc) is 4.00. The Morgan fingerprint density at radius 3 is 1.95 bits per heavy atom. The van der Waals surface area contributed by atoms with E-state index in [4.69, 9.17) is 15.1 Å². The van der Waals surface area contributed by atoms with E-state index in [1.54, 1.807) is 0 Å². The largest absolute Gasteiger partial charge is 0.454 e. The number of fused-ring (bicyclic) bond motifs is 9. The first-order valence-electron chi connectivity index (χ1n) is 21.2. The summed E-state index contributed by atoms with van der Waals surface area (Å²) in [5, 5.41) is 5.84. The van der Waals surface area contributed by atoms with Crippen LogP contribution in [0.5, 0.6) is 0 Å². The molecule has 12 rings (SSSR count). The molecule has 298 valence electrons. The van der Waals surface area contributed by atoms with E-state index >= 15 is 0 Å². The fraction of sp³-hybridized carbons (Fsp3) is 0.0175. The summed E-state index contributed by atoms with van der Waals surface area (Å²) in [4.78, 5) is 9.59. The molecule has 0 aliphatic carbocycles. The lowest BCUT2D eigenvalue weighted by molar-refractivity contribution is 0.668. The van der Waals surface area contributed by atoms with Crippen molar-refractivity contribution in [2.24, 2.45) is 10.7 Å². The van der Waals surface area contributed by atoms with Gasteiger partial charge in [-0.15, -0.1) is 0 Å². The summed E-state index contributed by atoms with van der Waals surface area (Å²) >= 11 is 0. The highest BCUT2D eigenvalue weighted by Gasteiger charge is 2.18. The van der Waals surface area contributed by atoms with Crippen LogP contribution in [-0.2, 0) is 6.42 Å². The number of aliphatic imine (C=N–C) groups is 1. The molecular weight excluding hydrogens is 771 g/mol. The molecule has 8 aromatic carbocycles. The third-order valence-corrected chi connectivity index (χ3v) is 12.2. The number of nitrogens with zero attached hydrogens (tertiary/aromatic N) is 4.